The Labute approximate surface area is 487 Å². The van der Waals surface area contributed by atoms with Gasteiger partial charge in [0.05, 0.1) is 34.4 Å². The number of hydrogen-bond acceptors (Lipinski definition) is 7. The van der Waals surface area contributed by atoms with Crippen LogP contribution in [0.5, 0.6) is 0 Å². The summed E-state index contributed by atoms with van der Waals surface area (Å²) in [6, 6.07) is 0. The molecule has 9 heteroatoms. The summed E-state index contributed by atoms with van der Waals surface area (Å²) in [6.45, 7) is 4.77. The van der Waals surface area contributed by atoms with Gasteiger partial charge in [0.25, 0.3) is 6.29 Å². The summed E-state index contributed by atoms with van der Waals surface area (Å²) >= 11 is 0. The first kappa shape index (κ1) is 75.5. The molecule has 0 aliphatic heterocycles. The number of ether oxygens (including phenoxy) is 4. The van der Waals surface area contributed by atoms with Crippen LogP contribution in [-0.2, 0) is 33.3 Å². The molecule has 0 saturated carbocycles. The van der Waals surface area contributed by atoms with Crippen LogP contribution in [-0.4, -0.2) is 87.4 Å². The molecule has 2 atom stereocenters. The third-order valence-corrected chi connectivity index (χ3v) is 14.1. The monoisotopic (exact) mass is 1110 g/mol. The van der Waals surface area contributed by atoms with Crippen molar-refractivity contribution < 1.29 is 42.9 Å². The van der Waals surface area contributed by atoms with Gasteiger partial charge in [0.2, 0.25) is 0 Å². The van der Waals surface area contributed by atoms with Gasteiger partial charge in [0, 0.05) is 12.8 Å². The molecule has 0 spiro atoms. The minimum atomic E-state index is -1.51. The molecular formula is C70H124NO8+. The molecule has 0 aliphatic carbocycles. The topological polar surface area (TPSA) is 108 Å². The minimum absolute atomic E-state index is 0.185. The molecule has 0 saturated heterocycles. The number of esters is 2. The molecule has 0 rings (SSSR count). The molecule has 0 fully saturated rings. The van der Waals surface area contributed by atoms with E-state index in [-0.39, 0.29) is 32.2 Å². The number of nitrogens with zero attached hydrogens (tertiary/aromatic N) is 1. The standard InChI is InChI=1S/C70H123NO8/c1-6-8-10-12-14-16-18-20-22-24-26-28-30-32-33-34-35-37-38-40-42-44-46-48-50-52-54-56-58-60-67(72)77-64-66(65-78-70(69(74)75)76-63-62-71(3,4)5)79-68(73)61-59-57-55-53-51-49-47-45-43-41-39-36-31-29-27-25-23-21-19-17-15-13-11-9-7-2/h9,11,15,17-18,20-21,23-24,26-27,29-30,32,66,70H,6-8,10,12-14,16,19,22,25,28,31,33-65H2,1-5H3/p+1/b11-9-,17-15-,20-18-,23-21-,26-24-,29-27-,32-30-. The summed E-state index contributed by atoms with van der Waals surface area (Å²) in [5.41, 5.74) is 0. The molecule has 0 aromatic carbocycles. The zero-order valence-corrected chi connectivity index (χ0v) is 52.0. The van der Waals surface area contributed by atoms with Crippen molar-refractivity contribution in [2.75, 3.05) is 47.5 Å². The normalized spacial score (nSPS) is 13.3. The van der Waals surface area contributed by atoms with Gasteiger partial charge in [-0.1, -0.05) is 266 Å². The van der Waals surface area contributed by atoms with Gasteiger partial charge in [-0.2, -0.15) is 0 Å². The van der Waals surface area contributed by atoms with Crippen molar-refractivity contribution in [3.8, 4) is 0 Å². The van der Waals surface area contributed by atoms with Gasteiger partial charge in [0.15, 0.2) is 6.10 Å². The molecule has 0 aromatic heterocycles. The van der Waals surface area contributed by atoms with Crippen LogP contribution in [0.3, 0.4) is 0 Å². The highest BCUT2D eigenvalue weighted by Gasteiger charge is 2.25. The van der Waals surface area contributed by atoms with Gasteiger partial charge in [-0.05, 0) is 89.9 Å². The van der Waals surface area contributed by atoms with Crippen molar-refractivity contribution in [1.29, 1.82) is 0 Å². The number of allylic oxidation sites excluding steroid dienone is 14. The van der Waals surface area contributed by atoms with E-state index in [0.717, 1.165) is 83.5 Å². The predicted molar refractivity (Wildman–Crippen MR) is 336 cm³/mol. The lowest BCUT2D eigenvalue weighted by Crippen LogP contribution is -2.40. The van der Waals surface area contributed by atoms with E-state index in [2.05, 4.69) is 98.9 Å². The van der Waals surface area contributed by atoms with Crippen LogP contribution < -0.4 is 0 Å². The summed E-state index contributed by atoms with van der Waals surface area (Å²) in [4.78, 5) is 37.6. The van der Waals surface area contributed by atoms with Gasteiger partial charge in [-0.3, -0.25) is 9.59 Å². The summed E-state index contributed by atoms with van der Waals surface area (Å²) in [5, 5.41) is 9.73. The maximum absolute atomic E-state index is 12.9. The number of carboxylic acid groups (broad SMARTS) is 1. The highest BCUT2D eigenvalue weighted by Crippen LogP contribution is 2.17. The van der Waals surface area contributed by atoms with Crippen molar-refractivity contribution in [3.05, 3.63) is 85.1 Å². The van der Waals surface area contributed by atoms with Crippen molar-refractivity contribution in [3.63, 3.8) is 0 Å². The quantitative estimate of drug-likeness (QED) is 0.0211. The highest BCUT2D eigenvalue weighted by atomic mass is 16.7. The first-order valence-electron chi connectivity index (χ1n) is 32.8. The molecule has 456 valence electrons. The number of hydrogen-bond donors (Lipinski definition) is 1. The number of carbonyl (C=O) groups excluding carboxylic acids is 2. The average molecular weight is 1110 g/mol. The summed E-state index contributed by atoms with van der Waals surface area (Å²) < 4.78 is 23.0. The fourth-order valence-corrected chi connectivity index (χ4v) is 9.13. The molecular weight excluding hydrogens is 983 g/mol. The molecule has 0 aliphatic rings. The first-order valence-corrected chi connectivity index (χ1v) is 32.8. The number of unbranched alkanes of at least 4 members (excludes halogenated alkanes) is 31. The van der Waals surface area contributed by atoms with E-state index in [4.69, 9.17) is 18.9 Å². The van der Waals surface area contributed by atoms with Gasteiger partial charge >= 0.3 is 17.9 Å². The number of rotatable bonds is 60. The second-order valence-electron chi connectivity index (χ2n) is 23.0. The zero-order valence-electron chi connectivity index (χ0n) is 52.0. The Morgan fingerprint density at radius 3 is 1.08 bits per heavy atom. The summed E-state index contributed by atoms with van der Waals surface area (Å²) in [5.74, 6) is -2.00. The third-order valence-electron chi connectivity index (χ3n) is 14.1. The van der Waals surface area contributed by atoms with Gasteiger partial charge in [-0.15, -0.1) is 0 Å². The highest BCUT2D eigenvalue weighted by molar-refractivity contribution is 5.71. The lowest BCUT2D eigenvalue weighted by Gasteiger charge is -2.25. The third kappa shape index (κ3) is 61.9. The number of carboxylic acids is 1. The molecule has 0 heterocycles. The molecule has 0 aromatic rings. The van der Waals surface area contributed by atoms with Crippen LogP contribution in [0.4, 0.5) is 0 Å². The maximum Gasteiger partial charge on any atom is 0.361 e. The molecule has 1 N–H and O–H groups in total. The van der Waals surface area contributed by atoms with Gasteiger partial charge in [-0.25, -0.2) is 4.79 Å². The molecule has 0 amide bonds. The zero-order chi connectivity index (χ0) is 57.6. The Morgan fingerprint density at radius 2 is 0.722 bits per heavy atom. The van der Waals surface area contributed by atoms with Crippen molar-refractivity contribution >= 4 is 17.9 Å². The Bertz CT molecular complexity index is 1570. The molecule has 79 heavy (non-hydrogen) atoms. The first-order chi connectivity index (χ1) is 38.6. The van der Waals surface area contributed by atoms with Crippen molar-refractivity contribution in [1.82, 2.24) is 0 Å². The Kier molecular flexibility index (Phi) is 57.9. The van der Waals surface area contributed by atoms with Crippen LogP contribution >= 0.6 is 0 Å². The van der Waals surface area contributed by atoms with Gasteiger partial charge < -0.3 is 28.5 Å². The minimum Gasteiger partial charge on any atom is -0.477 e. The van der Waals surface area contributed by atoms with E-state index >= 15 is 0 Å². The summed E-state index contributed by atoms with van der Waals surface area (Å²) in [6.07, 6.45) is 78.2. The van der Waals surface area contributed by atoms with E-state index in [1.54, 1.807) is 0 Å². The van der Waals surface area contributed by atoms with E-state index in [0.29, 0.717) is 17.4 Å². The van der Waals surface area contributed by atoms with Crippen LogP contribution in [0, 0.1) is 0 Å². The maximum atomic E-state index is 12.9. The SMILES string of the molecule is CC/C=C\C/C=C\C/C=C\C/C=C\CCCCCCCCCCCCCCC(=O)OC(COC(=O)CCCCCCCCCCCCCCCC/C=C\C/C=C\C/C=C\CCCCCCC)COC(OCC[N+](C)(C)C)C(=O)O. The second-order valence-corrected chi connectivity index (χ2v) is 23.0. The molecule has 0 radical (unpaired) electrons. The lowest BCUT2D eigenvalue weighted by molar-refractivity contribution is -0.870. The number of likely N-dealkylation sites (N-methyl/N-ethyl adjacent to an activating group) is 1. The second kappa shape index (κ2) is 60.6. The Morgan fingerprint density at radius 1 is 0.392 bits per heavy atom. The predicted octanol–water partition coefficient (Wildman–Crippen LogP) is 19.9. The Balaban J connectivity index is 4.16. The van der Waals surface area contributed by atoms with E-state index < -0.39 is 24.3 Å². The smallest absolute Gasteiger partial charge is 0.361 e. The van der Waals surface area contributed by atoms with E-state index in [1.807, 2.05) is 21.1 Å². The van der Waals surface area contributed by atoms with Crippen molar-refractivity contribution in [2.24, 2.45) is 0 Å². The molecule has 9 nitrogen and oxygen atoms in total. The number of aliphatic carboxylic acids is 1. The summed E-state index contributed by atoms with van der Waals surface area (Å²) in [7, 11) is 5.97. The average Bonchev–Trinajstić information content (AvgIpc) is 3.42. The molecule has 0 bridgehead atoms. The fraction of sp³-hybridized carbons (Fsp3) is 0.757. The number of quaternary nitrogens is 1. The fourth-order valence-electron chi connectivity index (χ4n) is 9.13. The molecule has 2 unspecified atom stereocenters. The van der Waals surface area contributed by atoms with Crippen LogP contribution in [0.1, 0.15) is 284 Å². The Hall–Kier alpha value is -3.53. The van der Waals surface area contributed by atoms with Crippen LogP contribution in [0.2, 0.25) is 0 Å². The lowest BCUT2D eigenvalue weighted by atomic mass is 10.0. The largest absolute Gasteiger partial charge is 0.477 e. The van der Waals surface area contributed by atoms with Crippen molar-refractivity contribution in [2.45, 2.75) is 296 Å². The van der Waals surface area contributed by atoms with E-state index in [9.17, 15) is 19.5 Å². The van der Waals surface area contributed by atoms with Gasteiger partial charge in [0.1, 0.15) is 13.2 Å². The van der Waals surface area contributed by atoms with Crippen LogP contribution in [0.15, 0.2) is 85.1 Å². The number of carbonyl (C=O) groups is 3. The van der Waals surface area contributed by atoms with Crippen LogP contribution in [0.25, 0.3) is 0 Å². The van der Waals surface area contributed by atoms with E-state index in [1.165, 1.54) is 173 Å².